The molecule has 1 saturated heterocycles. The summed E-state index contributed by atoms with van der Waals surface area (Å²) in [7, 11) is 0. The maximum atomic E-state index is 13.1. The smallest absolute Gasteiger partial charge is 0.265 e. The van der Waals surface area contributed by atoms with E-state index in [2.05, 4.69) is 5.32 Å². The third-order valence-corrected chi connectivity index (χ3v) is 6.34. The van der Waals surface area contributed by atoms with E-state index in [4.69, 9.17) is 4.74 Å². The number of hydrogen-bond donors (Lipinski definition) is 1. The van der Waals surface area contributed by atoms with Crippen molar-refractivity contribution in [2.24, 2.45) is 5.92 Å². The highest BCUT2D eigenvalue weighted by Gasteiger charge is 2.30. The fraction of sp³-hybridized carbons (Fsp3) is 0.269. The van der Waals surface area contributed by atoms with Gasteiger partial charge in [-0.25, -0.2) is 0 Å². The Morgan fingerprint density at radius 3 is 2.44 bits per heavy atom. The van der Waals surface area contributed by atoms with E-state index in [1.54, 1.807) is 25.1 Å². The molecule has 0 saturated carbocycles. The monoisotopic (exact) mass is 428 g/mol. The molecule has 0 aliphatic carbocycles. The quantitative estimate of drug-likeness (QED) is 0.632. The number of nitrogens with zero attached hydrogens (tertiary/aromatic N) is 1. The van der Waals surface area contributed by atoms with Crippen LogP contribution in [0.2, 0.25) is 0 Å². The average molecular weight is 428 g/mol. The van der Waals surface area contributed by atoms with E-state index in [1.165, 1.54) is 0 Å². The molecular weight excluding hydrogens is 404 g/mol. The third kappa shape index (κ3) is 3.73. The van der Waals surface area contributed by atoms with E-state index in [-0.39, 0.29) is 23.5 Å². The predicted octanol–water partition coefficient (Wildman–Crippen LogP) is 4.29. The molecule has 0 bridgehead atoms. The van der Waals surface area contributed by atoms with Crippen molar-refractivity contribution < 1.29 is 19.1 Å². The first-order valence-electron chi connectivity index (χ1n) is 10.9. The van der Waals surface area contributed by atoms with Crippen LogP contribution >= 0.6 is 0 Å². The van der Waals surface area contributed by atoms with Crippen molar-refractivity contribution in [3.05, 3.63) is 71.8 Å². The highest BCUT2D eigenvalue weighted by atomic mass is 16.5. The van der Waals surface area contributed by atoms with Gasteiger partial charge < -0.3 is 15.0 Å². The number of anilines is 1. The van der Waals surface area contributed by atoms with Gasteiger partial charge in [0.25, 0.3) is 11.8 Å². The Balaban J connectivity index is 1.25. The largest absolute Gasteiger partial charge is 0.479 e. The highest BCUT2D eigenvalue weighted by Crippen LogP contribution is 2.32. The number of hydrogen-bond acceptors (Lipinski definition) is 4. The second-order valence-corrected chi connectivity index (χ2v) is 8.45. The first-order valence-corrected chi connectivity index (χ1v) is 10.9. The fourth-order valence-corrected chi connectivity index (χ4v) is 4.45. The first kappa shape index (κ1) is 20.2. The number of ketones is 1. The lowest BCUT2D eigenvalue weighted by Crippen LogP contribution is -2.40. The molecule has 2 amide bonds. The van der Waals surface area contributed by atoms with Crippen molar-refractivity contribution in [1.82, 2.24) is 4.90 Å². The van der Waals surface area contributed by atoms with Gasteiger partial charge in [-0.05, 0) is 60.9 Å². The summed E-state index contributed by atoms with van der Waals surface area (Å²) < 4.78 is 5.57. The van der Waals surface area contributed by atoms with Gasteiger partial charge in [0.2, 0.25) is 0 Å². The summed E-state index contributed by atoms with van der Waals surface area (Å²) in [6.45, 7) is 2.78. The molecule has 1 fully saturated rings. The minimum absolute atomic E-state index is 0.00409. The Morgan fingerprint density at radius 2 is 1.66 bits per heavy atom. The number of carbonyl (C=O) groups excluding carboxylic acids is 3. The predicted molar refractivity (Wildman–Crippen MR) is 122 cm³/mol. The van der Waals surface area contributed by atoms with Crippen LogP contribution in [0.3, 0.4) is 0 Å². The van der Waals surface area contributed by atoms with Gasteiger partial charge in [0.05, 0.1) is 5.69 Å². The lowest BCUT2D eigenvalue weighted by atomic mass is 9.88. The molecule has 3 aromatic rings. The number of piperidine rings is 1. The lowest BCUT2D eigenvalue weighted by Gasteiger charge is -2.31. The van der Waals surface area contributed by atoms with Crippen molar-refractivity contribution in [2.45, 2.75) is 25.9 Å². The van der Waals surface area contributed by atoms with E-state index in [9.17, 15) is 14.4 Å². The van der Waals surface area contributed by atoms with E-state index in [0.717, 1.165) is 10.8 Å². The second-order valence-electron chi connectivity index (χ2n) is 8.45. The summed E-state index contributed by atoms with van der Waals surface area (Å²) in [5.41, 5.74) is 1.76. The molecule has 1 N–H and O–H groups in total. The first-order chi connectivity index (χ1) is 15.5. The zero-order chi connectivity index (χ0) is 22.2. The minimum Gasteiger partial charge on any atom is -0.479 e. The van der Waals surface area contributed by atoms with Crippen molar-refractivity contribution in [2.75, 3.05) is 18.4 Å². The third-order valence-electron chi connectivity index (χ3n) is 6.34. The summed E-state index contributed by atoms with van der Waals surface area (Å²) in [6, 6.07) is 18.9. The minimum atomic E-state index is -0.548. The normalized spacial score (nSPS) is 18.6. The fourth-order valence-electron chi connectivity index (χ4n) is 4.45. The van der Waals surface area contributed by atoms with Gasteiger partial charge in [0.15, 0.2) is 11.9 Å². The molecule has 32 heavy (non-hydrogen) atoms. The number of fused-ring (bicyclic) bond motifs is 2. The van der Waals surface area contributed by atoms with Crippen LogP contribution in [0.15, 0.2) is 60.7 Å². The summed E-state index contributed by atoms with van der Waals surface area (Å²) >= 11 is 0. The van der Waals surface area contributed by atoms with E-state index >= 15 is 0 Å². The number of nitrogens with one attached hydrogen (secondary N) is 1. The number of rotatable bonds is 3. The van der Waals surface area contributed by atoms with Gasteiger partial charge in [-0.15, -0.1) is 0 Å². The molecule has 0 aromatic heterocycles. The van der Waals surface area contributed by atoms with Crippen LogP contribution in [0.1, 0.15) is 40.5 Å². The van der Waals surface area contributed by atoms with Crippen molar-refractivity contribution in [1.29, 1.82) is 0 Å². The standard InChI is InChI=1S/C26H24N2O4/c1-16-25(30)27-22-15-20(8-9-23(22)32-16)24(29)18-10-12-28(13-11-18)26(31)21-7-6-17-4-2-3-5-19(17)14-21/h2-9,14-16,18H,10-13H2,1H3,(H,27,30). The molecule has 5 rings (SSSR count). The molecule has 0 spiro atoms. The van der Waals surface area contributed by atoms with Crippen molar-refractivity contribution >= 4 is 34.1 Å². The summed E-state index contributed by atoms with van der Waals surface area (Å²) in [5.74, 6) is 0.253. The maximum absolute atomic E-state index is 13.1. The molecule has 6 heteroatoms. The van der Waals surface area contributed by atoms with Crippen LogP contribution in [-0.2, 0) is 4.79 Å². The Hall–Kier alpha value is -3.67. The molecule has 162 valence electrons. The van der Waals surface area contributed by atoms with E-state index in [0.29, 0.717) is 48.5 Å². The molecule has 0 radical (unpaired) electrons. The molecule has 6 nitrogen and oxygen atoms in total. The molecular formula is C26H24N2O4. The van der Waals surface area contributed by atoms with E-state index < -0.39 is 6.10 Å². The zero-order valence-electron chi connectivity index (χ0n) is 17.8. The van der Waals surface area contributed by atoms with E-state index in [1.807, 2.05) is 47.4 Å². The number of amides is 2. The Kier molecular flexibility index (Phi) is 5.13. The number of benzene rings is 3. The molecule has 1 atom stereocenters. The Bertz CT molecular complexity index is 1230. The van der Waals surface area contributed by atoms with Crippen LogP contribution in [0.5, 0.6) is 5.75 Å². The topological polar surface area (TPSA) is 75.7 Å². The lowest BCUT2D eigenvalue weighted by molar-refractivity contribution is -0.122. The van der Waals surface area contributed by atoms with Crippen LogP contribution in [0, 0.1) is 5.92 Å². The number of likely N-dealkylation sites (tertiary alicyclic amines) is 1. The number of ether oxygens (including phenoxy) is 1. The van der Waals surface area contributed by atoms with Gasteiger partial charge in [-0.2, -0.15) is 0 Å². The van der Waals surface area contributed by atoms with Crippen LogP contribution in [-0.4, -0.2) is 41.7 Å². The number of carbonyl (C=O) groups is 3. The van der Waals surface area contributed by atoms with Gasteiger partial charge in [-0.1, -0.05) is 30.3 Å². The average Bonchev–Trinajstić information content (AvgIpc) is 2.83. The SMILES string of the molecule is CC1Oc2ccc(C(=O)C3CCN(C(=O)c4ccc5ccccc5c4)CC3)cc2NC1=O. The summed E-state index contributed by atoms with van der Waals surface area (Å²) in [6.07, 6.45) is 0.693. The molecule has 3 aromatic carbocycles. The number of Topliss-reactive ketones (excluding diaryl/α,β-unsaturated/α-hetero) is 1. The molecule has 1 unspecified atom stereocenters. The van der Waals surface area contributed by atoms with Crippen molar-refractivity contribution in [3.63, 3.8) is 0 Å². The Morgan fingerprint density at radius 1 is 0.938 bits per heavy atom. The maximum Gasteiger partial charge on any atom is 0.265 e. The van der Waals surface area contributed by atoms with Gasteiger partial charge in [0, 0.05) is 30.1 Å². The highest BCUT2D eigenvalue weighted by molar-refractivity contribution is 6.03. The molecule has 2 aliphatic rings. The molecule has 2 aliphatic heterocycles. The van der Waals surface area contributed by atoms with Gasteiger partial charge >= 0.3 is 0 Å². The van der Waals surface area contributed by atoms with Crippen LogP contribution < -0.4 is 10.1 Å². The Labute approximate surface area is 186 Å². The second kappa shape index (κ2) is 8.11. The van der Waals surface area contributed by atoms with Gasteiger partial charge in [0.1, 0.15) is 5.75 Å². The van der Waals surface area contributed by atoms with Crippen molar-refractivity contribution in [3.8, 4) is 5.75 Å². The van der Waals surface area contributed by atoms with Crippen LogP contribution in [0.25, 0.3) is 10.8 Å². The molecule has 2 heterocycles. The summed E-state index contributed by atoms with van der Waals surface area (Å²) in [4.78, 5) is 39.8. The zero-order valence-corrected chi connectivity index (χ0v) is 17.8. The van der Waals surface area contributed by atoms with Crippen LogP contribution in [0.4, 0.5) is 5.69 Å². The summed E-state index contributed by atoms with van der Waals surface area (Å²) in [5, 5.41) is 4.94. The van der Waals surface area contributed by atoms with Gasteiger partial charge in [-0.3, -0.25) is 14.4 Å².